The van der Waals surface area contributed by atoms with Crippen molar-refractivity contribution in [1.29, 1.82) is 0 Å². The quantitative estimate of drug-likeness (QED) is 0.836. The summed E-state index contributed by atoms with van der Waals surface area (Å²) in [5.41, 5.74) is 7.44. The summed E-state index contributed by atoms with van der Waals surface area (Å²) in [5.74, 6) is -0.207. The number of hydrogen-bond donors (Lipinski definition) is 2. The Hall–Kier alpha value is -1.88. The summed E-state index contributed by atoms with van der Waals surface area (Å²) >= 11 is 3.31. The predicted molar refractivity (Wildman–Crippen MR) is 70.7 cm³/mol. The van der Waals surface area contributed by atoms with Crippen molar-refractivity contribution in [2.75, 3.05) is 11.1 Å². The van der Waals surface area contributed by atoms with Crippen LogP contribution in [-0.4, -0.2) is 10.9 Å². The number of carbonyl (C=O) groups excluding carboxylic acids is 1. The van der Waals surface area contributed by atoms with Crippen LogP contribution >= 0.6 is 15.9 Å². The molecule has 1 amide bonds. The molecule has 0 aliphatic heterocycles. The highest BCUT2D eigenvalue weighted by molar-refractivity contribution is 9.10. The van der Waals surface area contributed by atoms with Crippen LogP contribution in [0.25, 0.3) is 0 Å². The lowest BCUT2D eigenvalue weighted by Gasteiger charge is -2.08. The molecule has 0 fully saturated rings. The molecule has 17 heavy (non-hydrogen) atoms. The van der Waals surface area contributed by atoms with E-state index in [2.05, 4.69) is 26.2 Å². The van der Waals surface area contributed by atoms with Crippen LogP contribution in [0.4, 0.5) is 11.4 Å². The number of halogens is 1. The minimum Gasteiger partial charge on any atom is -0.397 e. The summed E-state index contributed by atoms with van der Waals surface area (Å²) < 4.78 is 0.872. The molecule has 0 radical (unpaired) electrons. The molecular formula is C12H10BrN3O. The van der Waals surface area contributed by atoms with Crippen LogP contribution < -0.4 is 11.1 Å². The predicted octanol–water partition coefficient (Wildman–Crippen LogP) is 2.68. The van der Waals surface area contributed by atoms with Crippen LogP contribution in [0.1, 0.15) is 10.4 Å². The van der Waals surface area contributed by atoms with Gasteiger partial charge in [-0.05, 0) is 30.3 Å². The smallest absolute Gasteiger partial charge is 0.255 e. The number of nitrogens with zero attached hydrogens (tertiary/aromatic N) is 1. The lowest BCUT2D eigenvalue weighted by molar-refractivity contribution is 0.102. The van der Waals surface area contributed by atoms with Gasteiger partial charge in [0.05, 0.1) is 11.4 Å². The molecule has 0 atom stereocenters. The molecule has 3 N–H and O–H groups in total. The molecule has 2 aromatic rings. The Labute approximate surface area is 107 Å². The molecule has 1 heterocycles. The highest BCUT2D eigenvalue weighted by Crippen LogP contribution is 2.23. The van der Waals surface area contributed by atoms with E-state index in [0.29, 0.717) is 16.9 Å². The van der Waals surface area contributed by atoms with Crippen molar-refractivity contribution in [2.24, 2.45) is 0 Å². The molecule has 0 saturated carbocycles. The first kappa shape index (κ1) is 11.6. The zero-order valence-corrected chi connectivity index (χ0v) is 10.4. The SMILES string of the molecule is Nc1cc(Br)ccc1NC(=O)c1ccncc1. The van der Waals surface area contributed by atoms with Crippen LogP contribution in [0.2, 0.25) is 0 Å². The van der Waals surface area contributed by atoms with E-state index in [9.17, 15) is 4.79 Å². The normalized spacial score (nSPS) is 9.94. The van der Waals surface area contributed by atoms with Crippen molar-refractivity contribution < 1.29 is 4.79 Å². The van der Waals surface area contributed by atoms with Crippen LogP contribution in [0.5, 0.6) is 0 Å². The number of rotatable bonds is 2. The second kappa shape index (κ2) is 4.97. The molecular weight excluding hydrogens is 282 g/mol. The number of hydrogen-bond acceptors (Lipinski definition) is 3. The molecule has 5 heteroatoms. The summed E-state index contributed by atoms with van der Waals surface area (Å²) in [5, 5.41) is 2.74. The maximum Gasteiger partial charge on any atom is 0.255 e. The molecule has 0 aliphatic carbocycles. The lowest BCUT2D eigenvalue weighted by atomic mass is 10.2. The van der Waals surface area contributed by atoms with E-state index < -0.39 is 0 Å². The minimum absolute atomic E-state index is 0.207. The van der Waals surface area contributed by atoms with Gasteiger partial charge >= 0.3 is 0 Å². The molecule has 0 spiro atoms. The number of benzene rings is 1. The second-order valence-electron chi connectivity index (χ2n) is 3.42. The first-order chi connectivity index (χ1) is 8.16. The largest absolute Gasteiger partial charge is 0.397 e. The van der Waals surface area contributed by atoms with Crippen LogP contribution in [0.15, 0.2) is 47.2 Å². The van der Waals surface area contributed by atoms with Gasteiger partial charge in [-0.3, -0.25) is 9.78 Å². The number of pyridine rings is 1. The fourth-order valence-corrected chi connectivity index (χ4v) is 1.72. The summed E-state index contributed by atoms with van der Waals surface area (Å²) in [6.07, 6.45) is 3.14. The molecule has 0 saturated heterocycles. The first-order valence-electron chi connectivity index (χ1n) is 4.93. The van der Waals surface area contributed by atoms with E-state index in [4.69, 9.17) is 5.73 Å². The second-order valence-corrected chi connectivity index (χ2v) is 4.34. The van der Waals surface area contributed by atoms with Crippen molar-refractivity contribution in [3.63, 3.8) is 0 Å². The maximum absolute atomic E-state index is 11.8. The van der Waals surface area contributed by atoms with Crippen LogP contribution in [-0.2, 0) is 0 Å². The van der Waals surface area contributed by atoms with Gasteiger partial charge in [0, 0.05) is 22.4 Å². The van der Waals surface area contributed by atoms with Gasteiger partial charge < -0.3 is 11.1 Å². The van der Waals surface area contributed by atoms with E-state index in [0.717, 1.165) is 4.47 Å². The topological polar surface area (TPSA) is 68.0 Å². The molecule has 0 aliphatic rings. The number of aromatic nitrogens is 1. The Balaban J connectivity index is 2.19. The standard InChI is InChI=1S/C12H10BrN3O/c13-9-1-2-11(10(14)7-9)16-12(17)8-3-5-15-6-4-8/h1-7H,14H2,(H,16,17). The van der Waals surface area contributed by atoms with E-state index in [1.54, 1.807) is 36.7 Å². The van der Waals surface area contributed by atoms with Crippen molar-refractivity contribution in [1.82, 2.24) is 4.98 Å². The fourth-order valence-electron chi connectivity index (χ4n) is 1.35. The Kier molecular flexibility index (Phi) is 3.39. The summed E-state index contributed by atoms with van der Waals surface area (Å²) in [6.45, 7) is 0. The molecule has 1 aromatic carbocycles. The zero-order valence-electron chi connectivity index (χ0n) is 8.85. The fraction of sp³-hybridized carbons (Fsp3) is 0. The highest BCUT2D eigenvalue weighted by atomic mass is 79.9. The average Bonchev–Trinajstić information content (AvgIpc) is 2.34. The first-order valence-corrected chi connectivity index (χ1v) is 5.72. The number of nitrogens with one attached hydrogen (secondary N) is 1. The highest BCUT2D eigenvalue weighted by Gasteiger charge is 2.07. The Morgan fingerprint density at radius 1 is 1.24 bits per heavy atom. The van der Waals surface area contributed by atoms with Crippen molar-refractivity contribution >= 4 is 33.2 Å². The van der Waals surface area contributed by atoms with Gasteiger partial charge in [-0.15, -0.1) is 0 Å². The number of nitrogen functional groups attached to an aromatic ring is 1. The molecule has 0 unspecified atom stereocenters. The Bertz CT molecular complexity index is 543. The monoisotopic (exact) mass is 291 g/mol. The van der Waals surface area contributed by atoms with Gasteiger partial charge in [-0.1, -0.05) is 15.9 Å². The number of amides is 1. The third-order valence-corrected chi connectivity index (χ3v) is 2.70. The van der Waals surface area contributed by atoms with Crippen molar-refractivity contribution in [3.05, 3.63) is 52.8 Å². The molecule has 2 rings (SSSR count). The van der Waals surface area contributed by atoms with Crippen molar-refractivity contribution in [3.8, 4) is 0 Å². The third kappa shape index (κ3) is 2.82. The van der Waals surface area contributed by atoms with E-state index in [1.807, 2.05) is 6.07 Å². The van der Waals surface area contributed by atoms with Crippen LogP contribution in [0.3, 0.4) is 0 Å². The van der Waals surface area contributed by atoms with Gasteiger partial charge in [-0.25, -0.2) is 0 Å². The molecule has 1 aromatic heterocycles. The number of nitrogens with two attached hydrogens (primary N) is 1. The lowest BCUT2D eigenvalue weighted by Crippen LogP contribution is -2.13. The number of anilines is 2. The van der Waals surface area contributed by atoms with E-state index in [1.165, 1.54) is 0 Å². The van der Waals surface area contributed by atoms with Gasteiger partial charge in [0.1, 0.15) is 0 Å². The van der Waals surface area contributed by atoms with Gasteiger partial charge in [0.25, 0.3) is 5.91 Å². The van der Waals surface area contributed by atoms with Gasteiger partial charge in [0.2, 0.25) is 0 Å². The summed E-state index contributed by atoms with van der Waals surface area (Å²) in [7, 11) is 0. The average molecular weight is 292 g/mol. The van der Waals surface area contributed by atoms with E-state index in [-0.39, 0.29) is 5.91 Å². The van der Waals surface area contributed by atoms with Crippen LogP contribution in [0, 0.1) is 0 Å². The molecule has 4 nitrogen and oxygen atoms in total. The zero-order chi connectivity index (χ0) is 12.3. The maximum atomic E-state index is 11.8. The minimum atomic E-state index is -0.207. The van der Waals surface area contributed by atoms with Crippen molar-refractivity contribution in [2.45, 2.75) is 0 Å². The third-order valence-electron chi connectivity index (χ3n) is 2.20. The summed E-state index contributed by atoms with van der Waals surface area (Å²) in [4.78, 5) is 15.7. The van der Waals surface area contributed by atoms with E-state index >= 15 is 0 Å². The Morgan fingerprint density at radius 2 is 1.94 bits per heavy atom. The van der Waals surface area contributed by atoms with Gasteiger partial charge in [-0.2, -0.15) is 0 Å². The van der Waals surface area contributed by atoms with Gasteiger partial charge in [0.15, 0.2) is 0 Å². The number of carbonyl (C=O) groups is 1. The molecule has 86 valence electrons. The molecule has 0 bridgehead atoms. The Morgan fingerprint density at radius 3 is 2.59 bits per heavy atom. The summed E-state index contributed by atoms with van der Waals surface area (Å²) in [6, 6.07) is 8.59.